The minimum Gasteiger partial charge on any atom is -0.506 e. The fraction of sp³-hybridized carbons (Fsp3) is 0.135. The van der Waals surface area contributed by atoms with E-state index in [4.69, 9.17) is 28.9 Å². The predicted molar refractivity (Wildman–Crippen MR) is 333 cm³/mol. The quantitative estimate of drug-likeness (QED) is 0.112. The number of nitrogens with zero attached hydrogens (tertiary/aromatic N) is 2. The van der Waals surface area contributed by atoms with Crippen molar-refractivity contribution in [1.82, 2.24) is 9.97 Å². The monoisotopic (exact) mass is 1100 g/mol. The van der Waals surface area contributed by atoms with Gasteiger partial charge in [-0.1, -0.05) is 96.1 Å². The molecule has 0 bridgehead atoms. The standard InChI is InChI=1S/C74H54N2O8/c1-33-23-25-49-43(27-33)67(77)63-65(75-49)45-29-51(81-71-35(3)15-11-16-36(71)4)57-60-54(84-74-41(9)21-14-22-42(74)10)32-48-56-46(66-64(70(48)80)68(78)44-28-34(2)24-26-50(44)76-66)30-52(82-72-37(5)17-12-18-38(72)6)58(62(56)60)59-53(31-47(69(63)79)55(45)61(57)59)83-73-39(7)19-13-20-40(73)8/h11-32H,1-10H3,(H,75,77)(H,76,78). The molecule has 2 N–H and O–H groups in total. The SMILES string of the molecule is Cc1ccc2nc3c(c(O)c2c1)C(=O)c1cc(Oc2c(C)cccc2C)c2c4c(Oc5c(C)cccc5C)cc5c6c(cc(Oc7c(C)cccc7C)c(c7c(Oc8c(C)cccc8C)cc-3c1c27)c64)C(=O)c1c-5nc2ccc(C)cc2c1O. The number of aromatic hydroxyl groups is 2. The zero-order valence-corrected chi connectivity index (χ0v) is 47.9. The number of carbonyl (C=O) groups excluding carboxylic acids is 2. The van der Waals surface area contributed by atoms with Gasteiger partial charge in [-0.25, -0.2) is 9.97 Å². The van der Waals surface area contributed by atoms with Gasteiger partial charge in [0, 0.05) is 76.1 Å². The topological polar surface area (TPSA) is 137 Å². The summed E-state index contributed by atoms with van der Waals surface area (Å²) < 4.78 is 30.0. The Morgan fingerprint density at radius 3 is 0.881 bits per heavy atom. The molecular weight excluding hydrogens is 1040 g/mol. The number of aromatic nitrogens is 2. The zero-order valence-electron chi connectivity index (χ0n) is 47.9. The smallest absolute Gasteiger partial charge is 0.199 e. The number of para-hydroxylation sites is 4. The molecule has 0 radical (unpaired) electrons. The van der Waals surface area contributed by atoms with Gasteiger partial charge in [-0.15, -0.1) is 0 Å². The second-order valence-corrected chi connectivity index (χ2v) is 23.0. The van der Waals surface area contributed by atoms with Crippen LogP contribution in [0.5, 0.6) is 57.5 Å². The lowest BCUT2D eigenvalue weighted by atomic mass is 9.76. The van der Waals surface area contributed by atoms with Crippen LogP contribution < -0.4 is 18.9 Å². The van der Waals surface area contributed by atoms with Gasteiger partial charge in [0.25, 0.3) is 0 Å². The molecular formula is C74H54N2O8. The van der Waals surface area contributed by atoms with Crippen LogP contribution in [0.25, 0.3) is 87.4 Å². The normalized spacial score (nSPS) is 12.5. The van der Waals surface area contributed by atoms with Gasteiger partial charge in [0.05, 0.1) is 33.5 Å². The first-order valence-electron chi connectivity index (χ1n) is 28.1. The maximum absolute atomic E-state index is 16.0. The Morgan fingerprint density at radius 1 is 0.321 bits per heavy atom. The van der Waals surface area contributed by atoms with Gasteiger partial charge < -0.3 is 29.2 Å². The second kappa shape index (κ2) is 18.1. The van der Waals surface area contributed by atoms with E-state index in [0.717, 1.165) is 55.6 Å². The molecule has 2 aromatic heterocycles. The summed E-state index contributed by atoms with van der Waals surface area (Å²) in [6.07, 6.45) is 0. The Morgan fingerprint density at radius 2 is 0.595 bits per heavy atom. The lowest BCUT2D eigenvalue weighted by Crippen LogP contribution is -2.15. The third-order valence-corrected chi connectivity index (χ3v) is 17.3. The second-order valence-electron chi connectivity index (χ2n) is 23.0. The highest BCUT2D eigenvalue weighted by Gasteiger charge is 2.40. The van der Waals surface area contributed by atoms with Crippen molar-refractivity contribution in [3.05, 3.63) is 211 Å². The first-order chi connectivity index (χ1) is 40.4. The van der Waals surface area contributed by atoms with Crippen LogP contribution in [0.2, 0.25) is 0 Å². The number of hydrogen-bond donors (Lipinski definition) is 2. The van der Waals surface area contributed by atoms with Gasteiger partial charge in [-0.2, -0.15) is 0 Å². The number of ether oxygens (including phenoxy) is 4. The highest BCUT2D eigenvalue weighted by atomic mass is 16.5. The average Bonchev–Trinajstić information content (AvgIpc) is 0.797. The number of ketones is 2. The van der Waals surface area contributed by atoms with E-state index in [9.17, 15) is 10.2 Å². The Labute approximate surface area is 483 Å². The molecule has 13 aromatic rings. The molecule has 15 rings (SSSR count). The molecule has 0 saturated carbocycles. The summed E-state index contributed by atoms with van der Waals surface area (Å²) in [5.41, 5.74) is 12.0. The van der Waals surface area contributed by atoms with E-state index in [-0.39, 0.29) is 33.8 Å². The molecule has 408 valence electrons. The van der Waals surface area contributed by atoms with E-state index in [2.05, 4.69) is 0 Å². The van der Waals surface area contributed by atoms with E-state index in [1.54, 1.807) is 12.1 Å². The molecule has 2 aliphatic carbocycles. The number of benzene rings is 11. The molecule has 11 aromatic carbocycles. The minimum atomic E-state index is -0.441. The number of carbonyl (C=O) groups is 2. The molecule has 10 heteroatoms. The maximum atomic E-state index is 16.0. The van der Waals surface area contributed by atoms with Crippen LogP contribution in [0.1, 0.15) is 87.5 Å². The minimum absolute atomic E-state index is 0.0585. The molecule has 2 aliphatic rings. The molecule has 0 amide bonds. The van der Waals surface area contributed by atoms with E-state index >= 15 is 9.59 Å². The van der Waals surface area contributed by atoms with Crippen molar-refractivity contribution in [1.29, 1.82) is 0 Å². The van der Waals surface area contributed by atoms with Crippen LogP contribution in [-0.2, 0) is 0 Å². The van der Waals surface area contributed by atoms with Crippen LogP contribution in [0.15, 0.2) is 133 Å². The van der Waals surface area contributed by atoms with Crippen molar-refractivity contribution >= 4 is 76.5 Å². The summed E-state index contributed by atoms with van der Waals surface area (Å²) in [7, 11) is 0. The fourth-order valence-corrected chi connectivity index (χ4v) is 13.3. The van der Waals surface area contributed by atoms with Gasteiger partial charge in [-0.3, -0.25) is 9.59 Å². The molecule has 0 spiro atoms. The molecule has 0 saturated heterocycles. The maximum Gasteiger partial charge on any atom is 0.199 e. The fourth-order valence-electron chi connectivity index (χ4n) is 13.3. The number of aryl methyl sites for hydroxylation is 10. The van der Waals surface area contributed by atoms with Gasteiger partial charge in [-0.05, 0) is 162 Å². The van der Waals surface area contributed by atoms with Crippen molar-refractivity contribution in [3.63, 3.8) is 0 Å². The van der Waals surface area contributed by atoms with E-state index in [1.807, 2.05) is 191 Å². The van der Waals surface area contributed by atoms with Crippen molar-refractivity contribution in [2.45, 2.75) is 69.2 Å². The first-order valence-corrected chi connectivity index (χ1v) is 28.1. The van der Waals surface area contributed by atoms with Crippen LogP contribution in [0.3, 0.4) is 0 Å². The molecule has 2 heterocycles. The van der Waals surface area contributed by atoms with Gasteiger partial charge in [0.2, 0.25) is 0 Å². The largest absolute Gasteiger partial charge is 0.506 e. The lowest BCUT2D eigenvalue weighted by molar-refractivity contribution is 0.102. The molecule has 84 heavy (non-hydrogen) atoms. The molecule has 0 fully saturated rings. The summed E-state index contributed by atoms with van der Waals surface area (Å²) in [4.78, 5) is 42.6. The lowest BCUT2D eigenvalue weighted by Gasteiger charge is -2.30. The zero-order chi connectivity index (χ0) is 58.0. The summed E-state index contributed by atoms with van der Waals surface area (Å²) >= 11 is 0. The van der Waals surface area contributed by atoms with Crippen LogP contribution in [0, 0.1) is 69.2 Å². The Hall–Kier alpha value is -10.3. The summed E-state index contributed by atoms with van der Waals surface area (Å²) in [5.74, 6) is 2.51. The van der Waals surface area contributed by atoms with E-state index in [1.165, 1.54) is 0 Å². The van der Waals surface area contributed by atoms with Gasteiger partial charge in [0.1, 0.15) is 57.5 Å². The number of rotatable bonds is 8. The summed E-state index contributed by atoms with van der Waals surface area (Å²) in [5, 5.41) is 30.4. The third kappa shape index (κ3) is 7.16. The van der Waals surface area contributed by atoms with Crippen LogP contribution in [-0.4, -0.2) is 31.7 Å². The molecule has 10 nitrogen and oxygen atoms in total. The highest BCUT2D eigenvalue weighted by molar-refractivity contribution is 6.45. The van der Waals surface area contributed by atoms with Crippen molar-refractivity contribution in [2.24, 2.45) is 0 Å². The van der Waals surface area contributed by atoms with Crippen LogP contribution >= 0.6 is 0 Å². The third-order valence-electron chi connectivity index (χ3n) is 17.3. The Balaban J connectivity index is 1.24. The summed E-state index contributed by atoms with van der Waals surface area (Å²) in [6.45, 7) is 19.8. The highest BCUT2D eigenvalue weighted by Crippen LogP contribution is 2.61. The van der Waals surface area contributed by atoms with Crippen molar-refractivity contribution in [3.8, 4) is 80.0 Å². The van der Waals surface area contributed by atoms with E-state index in [0.29, 0.717) is 133 Å². The Bertz CT molecular complexity index is 4780. The number of fused-ring (bicyclic) bond motifs is 8. The molecule has 0 aliphatic heterocycles. The Kier molecular flexibility index (Phi) is 10.9. The number of pyridine rings is 2. The molecule has 0 atom stereocenters. The van der Waals surface area contributed by atoms with Gasteiger partial charge >= 0.3 is 0 Å². The summed E-state index contributed by atoms with van der Waals surface area (Å²) in [6, 6.07) is 42.7. The predicted octanol–water partition coefficient (Wildman–Crippen LogP) is 18.9. The molecule has 0 unspecified atom stereocenters. The van der Waals surface area contributed by atoms with Crippen LogP contribution in [0.4, 0.5) is 0 Å². The van der Waals surface area contributed by atoms with E-state index < -0.39 is 11.6 Å². The van der Waals surface area contributed by atoms with Crippen molar-refractivity contribution in [2.75, 3.05) is 0 Å². The average molecular weight is 1100 g/mol. The number of hydrogen-bond acceptors (Lipinski definition) is 10. The van der Waals surface area contributed by atoms with Gasteiger partial charge in [0.15, 0.2) is 11.6 Å². The van der Waals surface area contributed by atoms with Crippen molar-refractivity contribution < 1.29 is 38.7 Å². The first kappa shape index (κ1) is 50.6.